The summed E-state index contributed by atoms with van der Waals surface area (Å²) in [7, 11) is 0. The van der Waals surface area contributed by atoms with Gasteiger partial charge in [-0.25, -0.2) is 9.97 Å². The third-order valence-electron chi connectivity index (χ3n) is 3.60. The molecule has 3 heterocycles. The lowest BCUT2D eigenvalue weighted by molar-refractivity contribution is 0.0848. The van der Waals surface area contributed by atoms with Gasteiger partial charge >= 0.3 is 0 Å². The van der Waals surface area contributed by atoms with E-state index in [1.165, 1.54) is 10.9 Å². The highest BCUT2D eigenvalue weighted by molar-refractivity contribution is 5.82. The molecule has 1 saturated heterocycles. The van der Waals surface area contributed by atoms with E-state index in [0.717, 1.165) is 43.8 Å². The molecule has 0 aliphatic carbocycles. The molecule has 5 nitrogen and oxygen atoms in total. The maximum absolute atomic E-state index is 5.66. The van der Waals surface area contributed by atoms with Gasteiger partial charge in [0.2, 0.25) is 0 Å². The number of H-pyrrole nitrogens is 1. The summed E-state index contributed by atoms with van der Waals surface area (Å²) in [6.07, 6.45) is 6.60. The van der Waals surface area contributed by atoms with E-state index in [1.54, 1.807) is 6.33 Å². The van der Waals surface area contributed by atoms with Crippen molar-refractivity contribution < 1.29 is 4.74 Å². The zero-order chi connectivity index (χ0) is 12.4. The zero-order valence-electron chi connectivity index (χ0n) is 10.4. The number of aromatic nitrogens is 3. The van der Waals surface area contributed by atoms with Gasteiger partial charge in [0.15, 0.2) is 0 Å². The van der Waals surface area contributed by atoms with Crippen LogP contribution < -0.4 is 5.73 Å². The number of nitrogens with zero attached hydrogens (tertiary/aromatic N) is 2. The molecule has 3 N–H and O–H groups in total. The van der Waals surface area contributed by atoms with E-state index in [0.29, 0.717) is 12.5 Å². The van der Waals surface area contributed by atoms with Crippen LogP contribution in [0.4, 0.5) is 0 Å². The summed E-state index contributed by atoms with van der Waals surface area (Å²) in [4.78, 5) is 12.0. The molecule has 1 aliphatic rings. The molecule has 0 atom stereocenters. The van der Waals surface area contributed by atoms with E-state index >= 15 is 0 Å². The zero-order valence-corrected chi connectivity index (χ0v) is 10.4. The van der Waals surface area contributed by atoms with Crippen LogP contribution in [0.25, 0.3) is 11.0 Å². The Kier molecular flexibility index (Phi) is 3.25. The Bertz CT molecular complexity index is 531. The van der Waals surface area contributed by atoms with Gasteiger partial charge in [-0.15, -0.1) is 0 Å². The standard InChI is InChI=1S/C13H18N4O/c14-4-1-10-7-15-13-11(10)12(16-8-17-13)9-2-5-18-6-3-9/h7-9H,1-6,14H2,(H,15,16,17). The summed E-state index contributed by atoms with van der Waals surface area (Å²) in [5.74, 6) is 0.483. The first-order valence-electron chi connectivity index (χ1n) is 6.49. The maximum atomic E-state index is 5.66. The van der Waals surface area contributed by atoms with Crippen molar-refractivity contribution >= 4 is 11.0 Å². The van der Waals surface area contributed by atoms with Gasteiger partial charge in [0, 0.05) is 30.7 Å². The molecule has 0 unspecified atom stereocenters. The lowest BCUT2D eigenvalue weighted by atomic mass is 9.93. The Morgan fingerprint density at radius 2 is 2.17 bits per heavy atom. The first-order chi connectivity index (χ1) is 8.90. The number of hydrogen-bond acceptors (Lipinski definition) is 4. The van der Waals surface area contributed by atoms with Crippen LogP contribution in [0.1, 0.15) is 30.0 Å². The highest BCUT2D eigenvalue weighted by Crippen LogP contribution is 2.31. The van der Waals surface area contributed by atoms with Gasteiger partial charge < -0.3 is 15.5 Å². The van der Waals surface area contributed by atoms with Gasteiger partial charge in [-0.1, -0.05) is 0 Å². The molecule has 0 amide bonds. The second kappa shape index (κ2) is 5.04. The predicted octanol–water partition coefficient (Wildman–Crippen LogP) is 1.35. The quantitative estimate of drug-likeness (QED) is 0.857. The summed E-state index contributed by atoms with van der Waals surface area (Å²) in [6, 6.07) is 0. The Morgan fingerprint density at radius 3 is 2.94 bits per heavy atom. The fourth-order valence-corrected chi connectivity index (χ4v) is 2.69. The van der Waals surface area contributed by atoms with Crippen molar-refractivity contribution in [1.82, 2.24) is 15.0 Å². The average molecular weight is 246 g/mol. The smallest absolute Gasteiger partial charge is 0.141 e. The lowest BCUT2D eigenvalue weighted by Gasteiger charge is -2.22. The summed E-state index contributed by atoms with van der Waals surface area (Å²) in [5.41, 5.74) is 8.98. The molecule has 0 saturated carbocycles. The number of nitrogens with one attached hydrogen (secondary N) is 1. The average Bonchev–Trinajstić information content (AvgIpc) is 2.84. The van der Waals surface area contributed by atoms with Crippen LogP contribution in [0.2, 0.25) is 0 Å². The number of nitrogens with two attached hydrogens (primary N) is 1. The lowest BCUT2D eigenvalue weighted by Crippen LogP contribution is -2.16. The molecular formula is C13H18N4O. The minimum absolute atomic E-state index is 0.483. The molecule has 18 heavy (non-hydrogen) atoms. The summed E-state index contributed by atoms with van der Waals surface area (Å²) < 4.78 is 5.42. The van der Waals surface area contributed by atoms with Crippen LogP contribution >= 0.6 is 0 Å². The second-order valence-electron chi connectivity index (χ2n) is 4.72. The Labute approximate surface area is 106 Å². The fourth-order valence-electron chi connectivity index (χ4n) is 2.69. The monoisotopic (exact) mass is 246 g/mol. The molecule has 96 valence electrons. The van der Waals surface area contributed by atoms with Gasteiger partial charge in [-0.3, -0.25) is 0 Å². The van der Waals surface area contributed by atoms with Crippen molar-refractivity contribution in [1.29, 1.82) is 0 Å². The van der Waals surface area contributed by atoms with Crippen LogP contribution in [-0.2, 0) is 11.2 Å². The number of fused-ring (bicyclic) bond motifs is 1. The van der Waals surface area contributed by atoms with Crippen LogP contribution in [0, 0.1) is 0 Å². The van der Waals surface area contributed by atoms with Gasteiger partial charge in [-0.2, -0.15) is 0 Å². The van der Waals surface area contributed by atoms with Crippen molar-refractivity contribution in [3.8, 4) is 0 Å². The van der Waals surface area contributed by atoms with E-state index in [9.17, 15) is 0 Å². The second-order valence-corrected chi connectivity index (χ2v) is 4.72. The summed E-state index contributed by atoms with van der Waals surface area (Å²) in [6.45, 7) is 2.30. The van der Waals surface area contributed by atoms with Crippen LogP contribution in [0.5, 0.6) is 0 Å². The first-order valence-corrected chi connectivity index (χ1v) is 6.49. The van der Waals surface area contributed by atoms with Crippen LogP contribution in [0.15, 0.2) is 12.5 Å². The molecule has 2 aromatic rings. The van der Waals surface area contributed by atoms with E-state index < -0.39 is 0 Å². The molecule has 5 heteroatoms. The Balaban J connectivity index is 2.06. The molecule has 2 aromatic heterocycles. The molecule has 0 radical (unpaired) electrons. The number of ether oxygens (including phenoxy) is 1. The number of aromatic amines is 1. The minimum Gasteiger partial charge on any atom is -0.381 e. The Morgan fingerprint density at radius 1 is 1.33 bits per heavy atom. The van der Waals surface area contributed by atoms with Gasteiger partial charge in [0.1, 0.15) is 12.0 Å². The van der Waals surface area contributed by atoms with Crippen LogP contribution in [-0.4, -0.2) is 34.7 Å². The summed E-state index contributed by atoms with van der Waals surface area (Å²) in [5, 5.41) is 1.18. The van der Waals surface area contributed by atoms with E-state index in [4.69, 9.17) is 10.5 Å². The van der Waals surface area contributed by atoms with Gasteiger partial charge in [0.05, 0.1) is 5.69 Å². The Hall–Kier alpha value is -1.46. The highest BCUT2D eigenvalue weighted by atomic mass is 16.5. The molecule has 1 aliphatic heterocycles. The molecule has 0 spiro atoms. The van der Waals surface area contributed by atoms with Crippen LogP contribution in [0.3, 0.4) is 0 Å². The molecule has 1 fully saturated rings. The third kappa shape index (κ3) is 2.00. The number of hydrogen-bond donors (Lipinski definition) is 2. The van der Waals surface area contributed by atoms with E-state index in [-0.39, 0.29) is 0 Å². The number of rotatable bonds is 3. The van der Waals surface area contributed by atoms with Gasteiger partial charge in [0.25, 0.3) is 0 Å². The normalized spacial score (nSPS) is 17.4. The van der Waals surface area contributed by atoms with Crippen molar-refractivity contribution in [3.05, 3.63) is 23.8 Å². The highest BCUT2D eigenvalue weighted by Gasteiger charge is 2.21. The van der Waals surface area contributed by atoms with E-state index in [2.05, 4.69) is 15.0 Å². The minimum atomic E-state index is 0.483. The fraction of sp³-hybridized carbons (Fsp3) is 0.538. The van der Waals surface area contributed by atoms with E-state index in [1.807, 2.05) is 6.20 Å². The summed E-state index contributed by atoms with van der Waals surface area (Å²) >= 11 is 0. The first kappa shape index (κ1) is 11.6. The largest absolute Gasteiger partial charge is 0.381 e. The van der Waals surface area contributed by atoms with Gasteiger partial charge in [-0.05, 0) is 31.4 Å². The topological polar surface area (TPSA) is 76.8 Å². The molecule has 0 bridgehead atoms. The maximum Gasteiger partial charge on any atom is 0.141 e. The van der Waals surface area contributed by atoms with Crippen molar-refractivity contribution in [2.45, 2.75) is 25.2 Å². The predicted molar refractivity (Wildman–Crippen MR) is 69.4 cm³/mol. The molecule has 3 rings (SSSR count). The third-order valence-corrected chi connectivity index (χ3v) is 3.60. The van der Waals surface area contributed by atoms with Crippen molar-refractivity contribution in [2.24, 2.45) is 5.73 Å². The molecule has 0 aromatic carbocycles. The van der Waals surface area contributed by atoms with Crippen molar-refractivity contribution in [3.63, 3.8) is 0 Å². The SMILES string of the molecule is NCCc1c[nH]c2ncnc(C3CCOCC3)c12. The van der Waals surface area contributed by atoms with Crippen molar-refractivity contribution in [2.75, 3.05) is 19.8 Å². The molecular weight excluding hydrogens is 228 g/mol.